The van der Waals surface area contributed by atoms with Gasteiger partial charge in [0.05, 0.1) is 6.61 Å². The van der Waals surface area contributed by atoms with Gasteiger partial charge >= 0.3 is 5.97 Å². The summed E-state index contributed by atoms with van der Waals surface area (Å²) in [6, 6.07) is 17.7. The number of carbonyl (C=O) groups excluding carboxylic acids is 2. The summed E-state index contributed by atoms with van der Waals surface area (Å²) >= 11 is 24.5. The molecule has 0 saturated carbocycles. The monoisotopic (exact) mass is 579 g/mol. The molecule has 4 rings (SSSR count). The summed E-state index contributed by atoms with van der Waals surface area (Å²) in [7, 11) is 0. The molecule has 2 aromatic carbocycles. The summed E-state index contributed by atoms with van der Waals surface area (Å²) in [5.74, 6) is -1.98. The summed E-state index contributed by atoms with van der Waals surface area (Å²) in [6.45, 7) is 0.163. The number of hydrogen-bond donors (Lipinski definition) is 1. The van der Waals surface area contributed by atoms with Gasteiger partial charge in [0.25, 0.3) is 9.70 Å². The van der Waals surface area contributed by atoms with E-state index >= 15 is 0 Å². The lowest BCUT2D eigenvalue weighted by atomic mass is 9.96. The smallest absolute Gasteiger partial charge is 0.321 e. The lowest BCUT2D eigenvalue weighted by Crippen LogP contribution is -2.67. The van der Waals surface area contributed by atoms with Gasteiger partial charge in [0, 0.05) is 10.5 Å². The molecule has 2 heterocycles. The topological polar surface area (TPSA) is 83.1 Å². The Kier molecular flexibility index (Phi) is 9.10. The minimum Gasteiger partial charge on any atom is -0.456 e. The molecule has 0 aromatic heterocycles. The molecular weight excluding hydrogens is 560 g/mol. The van der Waals surface area contributed by atoms with E-state index in [4.69, 9.17) is 65.4 Å². The zero-order chi connectivity index (χ0) is 25.0. The summed E-state index contributed by atoms with van der Waals surface area (Å²) in [4.78, 5) is 25.8. The number of nitrogens with one attached hydrogen (secondary N) is 1. The number of halogens is 4. The first-order chi connectivity index (χ1) is 16.8. The lowest BCUT2D eigenvalue weighted by Gasteiger charge is -2.49. The first-order valence-corrected chi connectivity index (χ1v) is 13.1. The fraction of sp³-hybridized carbons (Fsp3) is 0.391. The highest BCUT2D eigenvalue weighted by Crippen LogP contribution is 2.40. The van der Waals surface area contributed by atoms with Crippen molar-refractivity contribution in [2.75, 3.05) is 12.5 Å². The molecule has 0 bridgehead atoms. The number of ether oxygens (including phenoxy) is 4. The highest BCUT2D eigenvalue weighted by Gasteiger charge is 2.53. The number of hydrogen-bond acceptors (Lipinski definition) is 7. The minimum atomic E-state index is -2.25. The Morgan fingerprint density at radius 3 is 2.31 bits per heavy atom. The van der Waals surface area contributed by atoms with Gasteiger partial charge in [-0.25, -0.2) is 0 Å². The van der Waals surface area contributed by atoms with Crippen LogP contribution in [0.5, 0.6) is 0 Å². The van der Waals surface area contributed by atoms with E-state index in [-0.39, 0.29) is 6.61 Å². The highest BCUT2D eigenvalue weighted by molar-refractivity contribution is 7.99. The van der Waals surface area contributed by atoms with Crippen molar-refractivity contribution in [3.63, 3.8) is 0 Å². The molecule has 2 aromatic rings. The third-order valence-corrected chi connectivity index (χ3v) is 7.25. The second-order valence-corrected chi connectivity index (χ2v) is 11.5. The van der Waals surface area contributed by atoms with Crippen LogP contribution < -0.4 is 5.32 Å². The van der Waals surface area contributed by atoms with E-state index in [9.17, 15) is 9.59 Å². The largest absolute Gasteiger partial charge is 0.456 e. The van der Waals surface area contributed by atoms with Crippen molar-refractivity contribution in [2.45, 2.75) is 44.8 Å². The molecule has 1 N–H and O–H groups in total. The molecule has 7 nitrogen and oxygen atoms in total. The first-order valence-electron chi connectivity index (χ1n) is 10.6. The standard InChI is InChI=1S/C23H21Cl4NO6S/c24-11-16(29)33-19-17(28-22(30)23(25,26)27)21(35-14-9-5-2-6-10-14)32-15-12-31-20(34-18(15)19)13-7-3-1-4-8-13/h1-10,15,17-21H,11-12H2,(H,28,30)/t15-,17-,18+,19-,20?,21+/m1/s1. The van der Waals surface area contributed by atoms with Crippen LogP contribution in [-0.4, -0.2) is 57.9 Å². The zero-order valence-electron chi connectivity index (χ0n) is 18.0. The van der Waals surface area contributed by atoms with Gasteiger partial charge in [-0.2, -0.15) is 0 Å². The Morgan fingerprint density at radius 1 is 1.03 bits per heavy atom. The van der Waals surface area contributed by atoms with E-state index < -0.39 is 57.6 Å². The van der Waals surface area contributed by atoms with Gasteiger partial charge in [-0.1, -0.05) is 95.1 Å². The van der Waals surface area contributed by atoms with Crippen LogP contribution in [0.15, 0.2) is 65.6 Å². The van der Waals surface area contributed by atoms with Crippen LogP contribution >= 0.6 is 58.2 Å². The number of alkyl halides is 4. The normalized spacial score (nSPS) is 28.6. The fourth-order valence-corrected chi connectivity index (χ4v) is 5.17. The molecule has 1 unspecified atom stereocenters. The van der Waals surface area contributed by atoms with Gasteiger partial charge in [0.2, 0.25) is 0 Å². The molecule has 35 heavy (non-hydrogen) atoms. The molecule has 6 atom stereocenters. The quantitative estimate of drug-likeness (QED) is 0.394. The number of carbonyl (C=O) groups is 2. The molecule has 2 fully saturated rings. The number of fused-ring (bicyclic) bond motifs is 1. The first kappa shape index (κ1) is 26.8. The molecule has 2 aliphatic rings. The Bertz CT molecular complexity index is 1010. The summed E-state index contributed by atoms with van der Waals surface area (Å²) in [5, 5.41) is 2.67. The Hall–Kier alpha value is -1.23. The molecular formula is C23H21Cl4NO6S. The van der Waals surface area contributed by atoms with Crippen molar-refractivity contribution in [1.29, 1.82) is 0 Å². The van der Waals surface area contributed by atoms with Gasteiger partial charge in [-0.15, -0.1) is 11.6 Å². The van der Waals surface area contributed by atoms with Gasteiger partial charge in [0.15, 0.2) is 12.4 Å². The Labute approximate surface area is 226 Å². The second kappa shape index (κ2) is 11.9. The third-order valence-electron chi connectivity index (χ3n) is 5.34. The van der Waals surface area contributed by atoms with Crippen LogP contribution in [-0.2, 0) is 28.5 Å². The van der Waals surface area contributed by atoms with Gasteiger partial charge < -0.3 is 24.3 Å². The Balaban J connectivity index is 1.66. The molecule has 1 amide bonds. The summed E-state index contributed by atoms with van der Waals surface area (Å²) in [5.41, 5.74) is 0.0413. The van der Waals surface area contributed by atoms with E-state index in [0.717, 1.165) is 10.5 Å². The maximum atomic E-state index is 12.7. The van der Waals surface area contributed by atoms with E-state index in [2.05, 4.69) is 5.32 Å². The highest BCUT2D eigenvalue weighted by atomic mass is 35.6. The van der Waals surface area contributed by atoms with E-state index in [1.807, 2.05) is 60.7 Å². The zero-order valence-corrected chi connectivity index (χ0v) is 21.9. The maximum Gasteiger partial charge on any atom is 0.321 e. The van der Waals surface area contributed by atoms with Crippen LogP contribution in [0.1, 0.15) is 11.9 Å². The summed E-state index contributed by atoms with van der Waals surface area (Å²) in [6.07, 6.45) is -3.15. The van der Waals surface area contributed by atoms with Crippen LogP contribution in [0.4, 0.5) is 0 Å². The predicted octanol–water partition coefficient (Wildman–Crippen LogP) is 4.62. The van der Waals surface area contributed by atoms with Crippen LogP contribution in [0, 0.1) is 0 Å². The Morgan fingerprint density at radius 2 is 1.69 bits per heavy atom. The predicted molar refractivity (Wildman–Crippen MR) is 134 cm³/mol. The number of benzene rings is 2. The summed E-state index contributed by atoms with van der Waals surface area (Å²) < 4.78 is 21.9. The average Bonchev–Trinajstić information content (AvgIpc) is 2.86. The van der Waals surface area contributed by atoms with Gasteiger partial charge in [0.1, 0.15) is 29.6 Å². The second-order valence-electron chi connectivity index (χ2n) is 7.74. The lowest BCUT2D eigenvalue weighted by molar-refractivity contribution is -0.308. The van der Waals surface area contributed by atoms with E-state index in [0.29, 0.717) is 0 Å². The van der Waals surface area contributed by atoms with Crippen LogP contribution in [0.2, 0.25) is 0 Å². The van der Waals surface area contributed by atoms with E-state index in [1.54, 1.807) is 0 Å². The van der Waals surface area contributed by atoms with Crippen molar-refractivity contribution in [2.24, 2.45) is 0 Å². The molecule has 2 saturated heterocycles. The molecule has 188 valence electrons. The molecule has 0 aliphatic carbocycles. The van der Waals surface area contributed by atoms with Crippen molar-refractivity contribution in [1.82, 2.24) is 5.32 Å². The van der Waals surface area contributed by atoms with Gasteiger partial charge in [-0.3, -0.25) is 9.59 Å². The van der Waals surface area contributed by atoms with Crippen LogP contribution in [0.25, 0.3) is 0 Å². The molecule has 2 aliphatic heterocycles. The van der Waals surface area contributed by atoms with Crippen molar-refractivity contribution in [3.05, 3.63) is 66.2 Å². The minimum absolute atomic E-state index is 0.163. The van der Waals surface area contributed by atoms with Crippen molar-refractivity contribution in [3.8, 4) is 0 Å². The van der Waals surface area contributed by atoms with Crippen molar-refractivity contribution < 1.29 is 28.5 Å². The molecule has 0 spiro atoms. The van der Waals surface area contributed by atoms with Crippen molar-refractivity contribution >= 4 is 70.0 Å². The maximum absolute atomic E-state index is 12.7. The number of rotatable bonds is 6. The third kappa shape index (κ3) is 6.76. The fourth-order valence-electron chi connectivity index (χ4n) is 3.79. The van der Waals surface area contributed by atoms with E-state index in [1.165, 1.54) is 11.8 Å². The van der Waals surface area contributed by atoms with Crippen LogP contribution in [0.3, 0.4) is 0 Å². The number of thioether (sulfide) groups is 1. The average molecular weight is 581 g/mol. The number of esters is 1. The SMILES string of the molecule is O=C(CCl)O[C@@H]1[C@@H](NC(=O)C(Cl)(Cl)Cl)[C@H](Sc2ccccc2)O[C@@H]2COC(c3ccccc3)O[C@H]12. The van der Waals surface area contributed by atoms with Gasteiger partial charge in [-0.05, 0) is 12.1 Å². The number of amides is 1. The molecule has 0 radical (unpaired) electrons. The molecule has 12 heteroatoms.